The fourth-order valence-corrected chi connectivity index (χ4v) is 3.85. The molecule has 0 aliphatic rings. The summed E-state index contributed by atoms with van der Waals surface area (Å²) in [7, 11) is 1.60. The summed E-state index contributed by atoms with van der Waals surface area (Å²) in [5, 5.41) is 3.43. The standard InChI is InChI=1S/C29H29N3O2/c1-34-28-18-9-8-17-27(28)31-32-29(33)26-20-19-25(30-24-15-6-3-7-16-24)21-23(26)14-10-13-22-11-4-2-5-12-22/h2-9,11-12,15-21,30-31H,10,13-14H2,1H3,(H,32,33). The largest absolute Gasteiger partial charge is 0.495 e. The summed E-state index contributed by atoms with van der Waals surface area (Å²) in [6.45, 7) is 0. The Morgan fingerprint density at radius 3 is 2.24 bits per heavy atom. The fraction of sp³-hybridized carbons (Fsp3) is 0.138. The van der Waals surface area contributed by atoms with E-state index in [1.807, 2.05) is 72.8 Å². The number of aryl methyl sites for hydroxylation is 2. The topological polar surface area (TPSA) is 62.4 Å². The lowest BCUT2D eigenvalue weighted by Gasteiger charge is -2.15. The monoisotopic (exact) mass is 451 g/mol. The molecule has 0 bridgehead atoms. The molecule has 4 aromatic carbocycles. The van der Waals surface area contributed by atoms with E-state index in [-0.39, 0.29) is 5.91 Å². The Balaban J connectivity index is 1.50. The van der Waals surface area contributed by atoms with E-state index in [2.05, 4.69) is 46.5 Å². The highest BCUT2D eigenvalue weighted by molar-refractivity contribution is 5.97. The molecule has 0 spiro atoms. The van der Waals surface area contributed by atoms with E-state index in [4.69, 9.17) is 4.74 Å². The average molecular weight is 452 g/mol. The number of anilines is 3. The molecule has 0 saturated carbocycles. The van der Waals surface area contributed by atoms with Gasteiger partial charge in [0, 0.05) is 16.9 Å². The van der Waals surface area contributed by atoms with Crippen molar-refractivity contribution in [2.45, 2.75) is 19.3 Å². The number of carbonyl (C=O) groups excluding carboxylic acids is 1. The number of amides is 1. The maximum Gasteiger partial charge on any atom is 0.269 e. The number of carbonyl (C=O) groups is 1. The van der Waals surface area contributed by atoms with Gasteiger partial charge in [-0.2, -0.15) is 0 Å². The lowest BCUT2D eigenvalue weighted by molar-refractivity contribution is 0.0961. The summed E-state index contributed by atoms with van der Waals surface area (Å²) in [6, 6.07) is 33.8. The SMILES string of the molecule is COc1ccccc1NNC(=O)c1ccc(Nc2ccccc2)cc1CCCc1ccccc1. The molecule has 0 aliphatic carbocycles. The molecule has 0 heterocycles. The third-order valence-corrected chi connectivity index (χ3v) is 5.58. The van der Waals surface area contributed by atoms with Gasteiger partial charge < -0.3 is 10.1 Å². The molecule has 0 aromatic heterocycles. The first-order valence-corrected chi connectivity index (χ1v) is 11.4. The number of nitrogens with one attached hydrogen (secondary N) is 3. The number of para-hydroxylation sites is 3. The first kappa shape index (κ1) is 22.9. The second kappa shape index (κ2) is 11.6. The van der Waals surface area contributed by atoms with Crippen LogP contribution in [0.4, 0.5) is 17.1 Å². The molecule has 172 valence electrons. The van der Waals surface area contributed by atoms with Crippen molar-refractivity contribution in [3.63, 3.8) is 0 Å². The molecule has 3 N–H and O–H groups in total. The van der Waals surface area contributed by atoms with Gasteiger partial charge in [-0.3, -0.25) is 15.6 Å². The Bertz CT molecular complexity index is 1210. The van der Waals surface area contributed by atoms with Crippen molar-refractivity contribution in [2.75, 3.05) is 17.9 Å². The van der Waals surface area contributed by atoms with E-state index < -0.39 is 0 Å². The summed E-state index contributed by atoms with van der Waals surface area (Å²) < 4.78 is 5.35. The number of ether oxygens (including phenoxy) is 1. The first-order chi connectivity index (χ1) is 16.7. The van der Waals surface area contributed by atoms with E-state index in [9.17, 15) is 4.79 Å². The molecule has 5 nitrogen and oxygen atoms in total. The maximum absolute atomic E-state index is 13.1. The van der Waals surface area contributed by atoms with Crippen LogP contribution in [0.1, 0.15) is 27.9 Å². The highest BCUT2D eigenvalue weighted by atomic mass is 16.5. The number of rotatable bonds is 10. The summed E-state index contributed by atoms with van der Waals surface area (Å²) in [4.78, 5) is 13.1. The second-order valence-corrected chi connectivity index (χ2v) is 7.98. The Morgan fingerprint density at radius 2 is 1.47 bits per heavy atom. The van der Waals surface area contributed by atoms with Gasteiger partial charge in [0.15, 0.2) is 0 Å². The molecular formula is C29H29N3O2. The quantitative estimate of drug-likeness (QED) is 0.245. The lowest BCUT2D eigenvalue weighted by atomic mass is 9.98. The minimum atomic E-state index is -0.188. The van der Waals surface area contributed by atoms with Crippen LogP contribution in [0.25, 0.3) is 0 Å². The number of hydrogen-bond acceptors (Lipinski definition) is 4. The molecule has 0 radical (unpaired) electrons. The zero-order chi connectivity index (χ0) is 23.6. The highest BCUT2D eigenvalue weighted by Crippen LogP contribution is 2.24. The molecular weight excluding hydrogens is 422 g/mol. The molecule has 5 heteroatoms. The van der Waals surface area contributed by atoms with Crippen LogP contribution < -0.4 is 20.9 Å². The predicted molar refractivity (Wildman–Crippen MR) is 139 cm³/mol. The Hall–Kier alpha value is -4.25. The van der Waals surface area contributed by atoms with Crippen molar-refractivity contribution in [3.8, 4) is 5.75 Å². The minimum Gasteiger partial charge on any atom is -0.495 e. The Morgan fingerprint density at radius 1 is 0.765 bits per heavy atom. The normalized spacial score (nSPS) is 10.4. The Labute approximate surface area is 200 Å². The first-order valence-electron chi connectivity index (χ1n) is 11.4. The van der Waals surface area contributed by atoms with Gasteiger partial charge in [0.25, 0.3) is 5.91 Å². The van der Waals surface area contributed by atoms with Crippen LogP contribution in [-0.2, 0) is 12.8 Å². The highest BCUT2D eigenvalue weighted by Gasteiger charge is 2.13. The van der Waals surface area contributed by atoms with Crippen molar-refractivity contribution in [2.24, 2.45) is 0 Å². The van der Waals surface area contributed by atoms with Crippen LogP contribution >= 0.6 is 0 Å². The van der Waals surface area contributed by atoms with Crippen LogP contribution in [0, 0.1) is 0 Å². The number of methoxy groups -OCH3 is 1. The summed E-state index contributed by atoms with van der Waals surface area (Å²) >= 11 is 0. The summed E-state index contributed by atoms with van der Waals surface area (Å²) in [6.07, 6.45) is 2.69. The minimum absolute atomic E-state index is 0.188. The van der Waals surface area contributed by atoms with E-state index >= 15 is 0 Å². The third kappa shape index (κ3) is 6.17. The van der Waals surface area contributed by atoms with Gasteiger partial charge in [0.2, 0.25) is 0 Å². The molecule has 1 amide bonds. The van der Waals surface area contributed by atoms with Gasteiger partial charge >= 0.3 is 0 Å². The van der Waals surface area contributed by atoms with Crippen LogP contribution in [0.15, 0.2) is 103 Å². The molecule has 0 fully saturated rings. The molecule has 0 unspecified atom stereocenters. The molecule has 34 heavy (non-hydrogen) atoms. The predicted octanol–water partition coefficient (Wildman–Crippen LogP) is 6.37. The van der Waals surface area contributed by atoms with Gasteiger partial charge in [0.05, 0.1) is 12.8 Å². The molecule has 0 saturated heterocycles. The third-order valence-electron chi connectivity index (χ3n) is 5.58. The fourth-order valence-electron chi connectivity index (χ4n) is 3.85. The van der Waals surface area contributed by atoms with Crippen LogP contribution in [0.2, 0.25) is 0 Å². The van der Waals surface area contributed by atoms with Crippen molar-refractivity contribution in [3.05, 3.63) is 120 Å². The van der Waals surface area contributed by atoms with Crippen molar-refractivity contribution in [1.82, 2.24) is 5.43 Å². The number of benzene rings is 4. The average Bonchev–Trinajstić information content (AvgIpc) is 2.89. The van der Waals surface area contributed by atoms with Crippen LogP contribution in [0.5, 0.6) is 5.75 Å². The lowest BCUT2D eigenvalue weighted by Crippen LogP contribution is -2.30. The van der Waals surface area contributed by atoms with Crippen molar-refractivity contribution >= 4 is 23.0 Å². The molecule has 0 aliphatic heterocycles. The van der Waals surface area contributed by atoms with Gasteiger partial charge in [-0.15, -0.1) is 0 Å². The van der Waals surface area contributed by atoms with Crippen molar-refractivity contribution < 1.29 is 9.53 Å². The molecule has 4 rings (SSSR count). The van der Waals surface area contributed by atoms with E-state index in [1.54, 1.807) is 7.11 Å². The summed E-state index contributed by atoms with van der Waals surface area (Å²) in [5.74, 6) is 0.472. The van der Waals surface area contributed by atoms with E-state index in [0.29, 0.717) is 17.0 Å². The van der Waals surface area contributed by atoms with Gasteiger partial charge in [-0.1, -0.05) is 60.7 Å². The second-order valence-electron chi connectivity index (χ2n) is 7.98. The number of hydrazine groups is 1. The molecule has 4 aromatic rings. The zero-order valence-electron chi connectivity index (χ0n) is 19.3. The van der Waals surface area contributed by atoms with E-state index in [1.165, 1.54) is 5.56 Å². The zero-order valence-corrected chi connectivity index (χ0v) is 19.3. The van der Waals surface area contributed by atoms with Crippen LogP contribution in [-0.4, -0.2) is 13.0 Å². The maximum atomic E-state index is 13.1. The van der Waals surface area contributed by atoms with Crippen LogP contribution in [0.3, 0.4) is 0 Å². The number of hydrogen-bond donors (Lipinski definition) is 3. The summed E-state index contributed by atoms with van der Waals surface area (Å²) in [5.41, 5.74) is 11.4. The van der Waals surface area contributed by atoms with Crippen molar-refractivity contribution in [1.29, 1.82) is 0 Å². The van der Waals surface area contributed by atoms with Gasteiger partial charge in [0.1, 0.15) is 5.75 Å². The molecule has 0 atom stereocenters. The van der Waals surface area contributed by atoms with E-state index in [0.717, 1.165) is 36.2 Å². The van der Waals surface area contributed by atoms with Gasteiger partial charge in [-0.05, 0) is 72.9 Å². The Kier molecular flexibility index (Phi) is 7.80. The van der Waals surface area contributed by atoms with Gasteiger partial charge in [-0.25, -0.2) is 0 Å². The smallest absolute Gasteiger partial charge is 0.269 e.